The fraction of sp³-hybridized carbons (Fsp3) is 0.400. The first-order valence-electron chi connectivity index (χ1n) is 4.45. The van der Waals surface area contributed by atoms with E-state index in [-0.39, 0.29) is 11.9 Å². The third-order valence-electron chi connectivity index (χ3n) is 2.52. The summed E-state index contributed by atoms with van der Waals surface area (Å²) in [7, 11) is 1.84. The Balaban J connectivity index is 2.24. The average Bonchev–Trinajstić information content (AvgIpc) is 2.49. The van der Waals surface area contributed by atoms with Crippen molar-refractivity contribution in [2.24, 2.45) is 0 Å². The summed E-state index contributed by atoms with van der Waals surface area (Å²) in [6.45, 7) is 0. The molecule has 0 N–H and O–H groups in total. The van der Waals surface area contributed by atoms with E-state index in [1.165, 1.54) is 0 Å². The van der Waals surface area contributed by atoms with E-state index in [4.69, 9.17) is 0 Å². The van der Waals surface area contributed by atoms with E-state index in [0.717, 1.165) is 12.1 Å². The summed E-state index contributed by atoms with van der Waals surface area (Å²) >= 11 is 0. The van der Waals surface area contributed by atoms with Gasteiger partial charge in [-0.2, -0.15) is 0 Å². The van der Waals surface area contributed by atoms with Crippen molar-refractivity contribution in [2.75, 3.05) is 7.05 Å². The SMILES string of the molecule is CN1C(=O)CC[C@@H]1c1ccccn1. The highest BCUT2D eigenvalue weighted by Gasteiger charge is 2.29. The van der Waals surface area contributed by atoms with Crippen LogP contribution >= 0.6 is 0 Å². The van der Waals surface area contributed by atoms with E-state index in [1.54, 1.807) is 11.1 Å². The molecule has 0 bridgehead atoms. The Morgan fingerprint density at radius 3 is 2.92 bits per heavy atom. The van der Waals surface area contributed by atoms with Crippen LogP contribution in [0.25, 0.3) is 0 Å². The molecule has 1 aromatic rings. The second-order valence-corrected chi connectivity index (χ2v) is 3.31. The lowest BCUT2D eigenvalue weighted by atomic mass is 10.1. The van der Waals surface area contributed by atoms with Crippen molar-refractivity contribution < 1.29 is 4.79 Å². The second kappa shape index (κ2) is 3.17. The van der Waals surface area contributed by atoms with Crippen molar-refractivity contribution in [3.63, 3.8) is 0 Å². The van der Waals surface area contributed by atoms with E-state index in [0.29, 0.717) is 6.42 Å². The van der Waals surface area contributed by atoms with Gasteiger partial charge in [-0.15, -0.1) is 0 Å². The highest BCUT2D eigenvalue weighted by Crippen LogP contribution is 2.29. The number of hydrogen-bond donors (Lipinski definition) is 0. The molecule has 0 radical (unpaired) electrons. The van der Waals surface area contributed by atoms with Gasteiger partial charge in [0.15, 0.2) is 0 Å². The molecule has 1 aliphatic heterocycles. The highest BCUT2D eigenvalue weighted by molar-refractivity contribution is 5.78. The summed E-state index contributed by atoms with van der Waals surface area (Å²) in [6.07, 6.45) is 3.32. The largest absolute Gasteiger partial charge is 0.337 e. The molecule has 1 atom stereocenters. The lowest BCUT2D eigenvalue weighted by Crippen LogP contribution is -2.22. The van der Waals surface area contributed by atoms with E-state index < -0.39 is 0 Å². The molecule has 0 unspecified atom stereocenters. The Bertz CT molecular complexity index is 310. The van der Waals surface area contributed by atoms with Crippen molar-refractivity contribution in [1.29, 1.82) is 0 Å². The average molecular weight is 176 g/mol. The van der Waals surface area contributed by atoms with E-state index in [9.17, 15) is 4.79 Å². The van der Waals surface area contributed by atoms with Gasteiger partial charge in [0.1, 0.15) is 0 Å². The first-order chi connectivity index (χ1) is 6.29. The standard InChI is InChI=1S/C10H12N2O/c1-12-9(5-6-10(12)13)8-4-2-3-7-11-8/h2-4,7,9H,5-6H2,1H3/t9-/m1/s1. The molecule has 0 spiro atoms. The molecule has 13 heavy (non-hydrogen) atoms. The number of carbonyl (C=O) groups excluding carboxylic acids is 1. The Labute approximate surface area is 77.4 Å². The lowest BCUT2D eigenvalue weighted by molar-refractivity contribution is -0.127. The van der Waals surface area contributed by atoms with Gasteiger partial charge in [0, 0.05) is 19.7 Å². The molecule has 68 valence electrons. The Kier molecular flexibility index (Phi) is 2.00. The van der Waals surface area contributed by atoms with Gasteiger partial charge in [-0.3, -0.25) is 9.78 Å². The van der Waals surface area contributed by atoms with Crippen molar-refractivity contribution in [3.05, 3.63) is 30.1 Å². The molecule has 0 saturated carbocycles. The molecule has 1 saturated heterocycles. The fourth-order valence-electron chi connectivity index (χ4n) is 1.72. The van der Waals surface area contributed by atoms with Crippen LogP contribution in [0.1, 0.15) is 24.6 Å². The molecule has 1 aliphatic rings. The predicted octanol–water partition coefficient (Wildman–Crippen LogP) is 1.37. The predicted molar refractivity (Wildman–Crippen MR) is 49.0 cm³/mol. The van der Waals surface area contributed by atoms with Crippen LogP contribution in [0.4, 0.5) is 0 Å². The van der Waals surface area contributed by atoms with Gasteiger partial charge in [0.25, 0.3) is 0 Å². The summed E-state index contributed by atoms with van der Waals surface area (Å²) in [5.41, 5.74) is 0.996. The van der Waals surface area contributed by atoms with Gasteiger partial charge in [0.05, 0.1) is 11.7 Å². The molecule has 0 aromatic carbocycles. The van der Waals surface area contributed by atoms with Crippen molar-refractivity contribution in [2.45, 2.75) is 18.9 Å². The number of carbonyl (C=O) groups is 1. The van der Waals surface area contributed by atoms with Gasteiger partial charge in [0.2, 0.25) is 5.91 Å². The molecule has 1 amide bonds. The summed E-state index contributed by atoms with van der Waals surface area (Å²) in [6, 6.07) is 6.01. The van der Waals surface area contributed by atoms with Crippen LogP contribution in [0.5, 0.6) is 0 Å². The molecular weight excluding hydrogens is 164 g/mol. The third kappa shape index (κ3) is 1.41. The van der Waals surface area contributed by atoms with Crippen LogP contribution in [-0.2, 0) is 4.79 Å². The summed E-state index contributed by atoms with van der Waals surface area (Å²) in [4.78, 5) is 17.3. The smallest absolute Gasteiger partial charge is 0.222 e. The second-order valence-electron chi connectivity index (χ2n) is 3.31. The van der Waals surface area contributed by atoms with Crippen molar-refractivity contribution >= 4 is 5.91 Å². The summed E-state index contributed by atoms with van der Waals surface area (Å²) in [5.74, 6) is 0.218. The third-order valence-corrected chi connectivity index (χ3v) is 2.52. The minimum atomic E-state index is 0.189. The fourth-order valence-corrected chi connectivity index (χ4v) is 1.72. The monoisotopic (exact) mass is 176 g/mol. The Morgan fingerprint density at radius 1 is 1.54 bits per heavy atom. The lowest BCUT2D eigenvalue weighted by Gasteiger charge is -2.18. The highest BCUT2D eigenvalue weighted by atomic mass is 16.2. The number of rotatable bonds is 1. The molecule has 1 aromatic heterocycles. The number of nitrogens with zero attached hydrogens (tertiary/aromatic N) is 2. The zero-order chi connectivity index (χ0) is 9.26. The van der Waals surface area contributed by atoms with Gasteiger partial charge in [-0.25, -0.2) is 0 Å². The number of amides is 1. The maximum Gasteiger partial charge on any atom is 0.222 e. The van der Waals surface area contributed by atoms with Gasteiger partial charge < -0.3 is 4.90 Å². The van der Waals surface area contributed by atoms with Gasteiger partial charge in [-0.1, -0.05) is 6.07 Å². The van der Waals surface area contributed by atoms with Gasteiger partial charge >= 0.3 is 0 Å². The molecule has 2 rings (SSSR count). The van der Waals surface area contributed by atoms with Crippen LogP contribution in [0.3, 0.4) is 0 Å². The quantitative estimate of drug-likeness (QED) is 0.647. The topological polar surface area (TPSA) is 33.2 Å². The van der Waals surface area contributed by atoms with E-state index in [2.05, 4.69) is 4.98 Å². The summed E-state index contributed by atoms with van der Waals surface area (Å²) in [5, 5.41) is 0. The Hall–Kier alpha value is -1.38. The zero-order valence-corrected chi connectivity index (χ0v) is 7.60. The molecular formula is C10H12N2O. The van der Waals surface area contributed by atoms with E-state index >= 15 is 0 Å². The minimum Gasteiger partial charge on any atom is -0.337 e. The van der Waals surface area contributed by atoms with Crippen LogP contribution in [0.2, 0.25) is 0 Å². The first kappa shape index (κ1) is 8.23. The maximum atomic E-state index is 11.3. The molecule has 3 heteroatoms. The number of pyridine rings is 1. The Morgan fingerprint density at radius 2 is 2.38 bits per heavy atom. The maximum absolute atomic E-state index is 11.3. The van der Waals surface area contributed by atoms with Crippen molar-refractivity contribution in [3.8, 4) is 0 Å². The molecule has 1 fully saturated rings. The molecule has 2 heterocycles. The van der Waals surface area contributed by atoms with Crippen LogP contribution in [-0.4, -0.2) is 22.8 Å². The molecule has 3 nitrogen and oxygen atoms in total. The number of hydrogen-bond acceptors (Lipinski definition) is 2. The minimum absolute atomic E-state index is 0.189. The van der Waals surface area contributed by atoms with Crippen LogP contribution < -0.4 is 0 Å². The number of likely N-dealkylation sites (tertiary alicyclic amines) is 1. The number of aromatic nitrogens is 1. The van der Waals surface area contributed by atoms with Crippen LogP contribution in [0, 0.1) is 0 Å². The molecule has 0 aliphatic carbocycles. The van der Waals surface area contributed by atoms with Gasteiger partial charge in [-0.05, 0) is 18.6 Å². The zero-order valence-electron chi connectivity index (χ0n) is 7.60. The van der Waals surface area contributed by atoms with E-state index in [1.807, 2.05) is 25.2 Å². The summed E-state index contributed by atoms with van der Waals surface area (Å²) < 4.78 is 0. The van der Waals surface area contributed by atoms with Crippen molar-refractivity contribution in [1.82, 2.24) is 9.88 Å². The normalized spacial score (nSPS) is 22.4. The first-order valence-corrected chi connectivity index (χ1v) is 4.45. The van der Waals surface area contributed by atoms with Crippen LogP contribution in [0.15, 0.2) is 24.4 Å².